The van der Waals surface area contributed by atoms with Crippen molar-refractivity contribution >= 4 is 28.9 Å². The second-order valence-corrected chi connectivity index (χ2v) is 5.95. The van der Waals surface area contributed by atoms with E-state index in [-0.39, 0.29) is 11.6 Å². The Labute approximate surface area is 113 Å². The van der Waals surface area contributed by atoms with Gasteiger partial charge in [0.15, 0.2) is 5.78 Å². The number of hydrogen-bond donors (Lipinski definition) is 0. The van der Waals surface area contributed by atoms with Gasteiger partial charge in [0.05, 0.1) is 16.3 Å². The van der Waals surface area contributed by atoms with Gasteiger partial charge in [0.25, 0.3) is 0 Å². The number of nitrogens with zero attached hydrogens (tertiary/aromatic N) is 1. The van der Waals surface area contributed by atoms with Crippen molar-refractivity contribution in [1.82, 2.24) is 4.98 Å². The van der Waals surface area contributed by atoms with Crippen molar-refractivity contribution in [3.8, 4) is 0 Å². The maximum absolute atomic E-state index is 12.7. The average molecular weight is 281 g/mol. The highest BCUT2D eigenvalue weighted by molar-refractivity contribution is 7.98. The number of carbonyl (C=O) groups excluding carboxylic acids is 1. The molecule has 1 aromatic carbocycles. The molecule has 0 spiro atoms. The molecule has 0 aliphatic carbocycles. The molecule has 2 nitrogen and oxygen atoms in total. The second-order valence-electron chi connectivity index (χ2n) is 3.82. The summed E-state index contributed by atoms with van der Waals surface area (Å²) in [6.07, 6.45) is 0. The Kier molecular flexibility index (Phi) is 4.14. The zero-order valence-corrected chi connectivity index (χ0v) is 11.7. The van der Waals surface area contributed by atoms with Crippen LogP contribution in [0.15, 0.2) is 29.2 Å². The molecule has 0 N–H and O–H groups in total. The molecule has 0 bridgehead atoms. The number of Topliss-reactive ketones (excluding diaryl/α,β-unsaturated/α-hetero) is 1. The molecule has 2 rings (SSSR count). The number of ketones is 1. The van der Waals surface area contributed by atoms with Gasteiger partial charge in [0, 0.05) is 11.8 Å². The lowest BCUT2D eigenvalue weighted by Gasteiger charge is -1.98. The Morgan fingerprint density at radius 2 is 2.06 bits per heavy atom. The fourth-order valence-electron chi connectivity index (χ4n) is 1.52. The van der Waals surface area contributed by atoms with Crippen LogP contribution >= 0.6 is 23.1 Å². The average Bonchev–Trinajstić information content (AvgIpc) is 2.70. The van der Waals surface area contributed by atoms with Crippen molar-refractivity contribution < 1.29 is 9.18 Å². The fraction of sp³-hybridized carbons (Fsp3) is 0.231. The Morgan fingerprint density at radius 1 is 1.39 bits per heavy atom. The molecule has 18 heavy (non-hydrogen) atoms. The van der Waals surface area contributed by atoms with Crippen molar-refractivity contribution in [3.63, 3.8) is 0 Å². The van der Waals surface area contributed by atoms with Crippen LogP contribution in [0.25, 0.3) is 0 Å². The minimum atomic E-state index is -0.233. The molecule has 0 unspecified atom stereocenters. The van der Waals surface area contributed by atoms with Crippen molar-refractivity contribution in [1.29, 1.82) is 0 Å². The molecule has 94 valence electrons. The molecule has 0 fully saturated rings. The van der Waals surface area contributed by atoms with E-state index in [1.165, 1.54) is 23.5 Å². The zero-order valence-electron chi connectivity index (χ0n) is 10.1. The molecule has 0 aliphatic heterocycles. The normalized spacial score (nSPS) is 10.6. The molecular formula is C13H12FNOS2. The third kappa shape index (κ3) is 3.17. The minimum absolute atomic E-state index is 0.0584. The molecule has 0 saturated heterocycles. The molecule has 0 aliphatic rings. The summed E-state index contributed by atoms with van der Waals surface area (Å²) < 4.78 is 12.7. The maximum Gasteiger partial charge on any atom is 0.171 e. The third-order valence-corrected chi connectivity index (χ3v) is 4.80. The first-order valence-corrected chi connectivity index (χ1v) is 7.22. The highest BCUT2D eigenvalue weighted by atomic mass is 32.2. The van der Waals surface area contributed by atoms with E-state index in [1.807, 2.05) is 6.92 Å². The van der Waals surface area contributed by atoms with Crippen molar-refractivity contribution in [2.75, 3.05) is 0 Å². The van der Waals surface area contributed by atoms with Gasteiger partial charge in [-0.25, -0.2) is 9.37 Å². The summed E-state index contributed by atoms with van der Waals surface area (Å²) in [4.78, 5) is 17.4. The van der Waals surface area contributed by atoms with Crippen LogP contribution < -0.4 is 0 Å². The first kappa shape index (κ1) is 13.2. The summed E-state index contributed by atoms with van der Waals surface area (Å²) in [5.41, 5.74) is 0.794. The molecule has 1 aromatic heterocycles. The number of benzene rings is 1. The van der Waals surface area contributed by atoms with Gasteiger partial charge in [-0.1, -0.05) is 0 Å². The van der Waals surface area contributed by atoms with Crippen LogP contribution in [-0.2, 0) is 5.75 Å². The van der Waals surface area contributed by atoms with E-state index in [4.69, 9.17) is 0 Å². The summed E-state index contributed by atoms with van der Waals surface area (Å²) in [5, 5.41) is 0.923. The number of thiazole rings is 1. The smallest absolute Gasteiger partial charge is 0.171 e. The topological polar surface area (TPSA) is 30.0 Å². The molecule has 0 saturated carbocycles. The molecular weight excluding hydrogens is 269 g/mol. The maximum atomic E-state index is 12.7. The lowest BCUT2D eigenvalue weighted by molar-refractivity contribution is 0.102. The van der Waals surface area contributed by atoms with Gasteiger partial charge in [0.2, 0.25) is 0 Å². The summed E-state index contributed by atoms with van der Waals surface area (Å²) >= 11 is 3.02. The van der Waals surface area contributed by atoms with Crippen molar-refractivity contribution in [2.24, 2.45) is 0 Å². The monoisotopic (exact) mass is 281 g/mol. The van der Waals surface area contributed by atoms with Crippen molar-refractivity contribution in [3.05, 3.63) is 45.7 Å². The Bertz CT molecular complexity index is 563. The van der Waals surface area contributed by atoms with E-state index >= 15 is 0 Å². The van der Waals surface area contributed by atoms with Gasteiger partial charge in [0.1, 0.15) is 10.8 Å². The lowest BCUT2D eigenvalue weighted by Crippen LogP contribution is -1.89. The summed E-state index contributed by atoms with van der Waals surface area (Å²) in [6.45, 7) is 3.40. The van der Waals surface area contributed by atoms with E-state index in [1.54, 1.807) is 30.8 Å². The van der Waals surface area contributed by atoms with E-state index in [9.17, 15) is 9.18 Å². The third-order valence-electron chi connectivity index (χ3n) is 2.34. The van der Waals surface area contributed by atoms with Crippen LogP contribution in [-0.4, -0.2) is 10.8 Å². The summed E-state index contributed by atoms with van der Waals surface area (Å²) in [5.74, 6) is 0.524. The Balaban J connectivity index is 2.04. The van der Waals surface area contributed by atoms with Gasteiger partial charge < -0.3 is 0 Å². The predicted molar refractivity (Wildman–Crippen MR) is 72.8 cm³/mol. The Hall–Kier alpha value is -1.20. The first-order chi connectivity index (χ1) is 8.56. The van der Waals surface area contributed by atoms with Gasteiger partial charge in [-0.2, -0.15) is 0 Å². The SMILES string of the molecule is CC(=O)c1sc(CSc2ccc(F)cc2)nc1C. The second kappa shape index (κ2) is 5.63. The first-order valence-electron chi connectivity index (χ1n) is 5.42. The van der Waals surface area contributed by atoms with E-state index < -0.39 is 0 Å². The molecule has 0 atom stereocenters. The zero-order chi connectivity index (χ0) is 13.1. The largest absolute Gasteiger partial charge is 0.294 e. The predicted octanol–water partition coefficient (Wildman–Crippen LogP) is 4.09. The van der Waals surface area contributed by atoms with Gasteiger partial charge in [-0.15, -0.1) is 23.1 Å². The number of rotatable bonds is 4. The van der Waals surface area contributed by atoms with E-state index in [2.05, 4.69) is 4.98 Å². The van der Waals surface area contributed by atoms with Crippen LogP contribution in [0.4, 0.5) is 4.39 Å². The number of aromatic nitrogens is 1. The van der Waals surface area contributed by atoms with Crippen molar-refractivity contribution in [2.45, 2.75) is 24.5 Å². The van der Waals surface area contributed by atoms with Crippen LogP contribution in [0.2, 0.25) is 0 Å². The number of carbonyl (C=O) groups is 1. The molecule has 0 radical (unpaired) electrons. The summed E-state index contributed by atoms with van der Waals surface area (Å²) in [6, 6.07) is 6.37. The summed E-state index contributed by atoms with van der Waals surface area (Å²) in [7, 11) is 0. The lowest BCUT2D eigenvalue weighted by atomic mass is 10.3. The Morgan fingerprint density at radius 3 is 2.61 bits per heavy atom. The number of aryl methyl sites for hydroxylation is 1. The van der Waals surface area contributed by atoms with Gasteiger partial charge in [-0.3, -0.25) is 4.79 Å². The van der Waals surface area contributed by atoms with Crippen LogP contribution in [0.5, 0.6) is 0 Å². The van der Waals surface area contributed by atoms with E-state index in [0.29, 0.717) is 5.75 Å². The number of halogens is 1. The molecule has 0 amide bonds. The highest BCUT2D eigenvalue weighted by Crippen LogP contribution is 2.27. The molecule has 5 heteroatoms. The number of thioether (sulfide) groups is 1. The standard InChI is InChI=1S/C13H12FNOS2/c1-8-13(9(2)16)18-12(15-8)7-17-11-5-3-10(14)4-6-11/h3-6H,7H2,1-2H3. The van der Waals surface area contributed by atoms with E-state index in [0.717, 1.165) is 20.5 Å². The molecule has 1 heterocycles. The number of hydrogen-bond acceptors (Lipinski definition) is 4. The minimum Gasteiger partial charge on any atom is -0.294 e. The van der Waals surface area contributed by atoms with Crippen LogP contribution in [0, 0.1) is 12.7 Å². The van der Waals surface area contributed by atoms with Crippen LogP contribution in [0.3, 0.4) is 0 Å². The van der Waals surface area contributed by atoms with Gasteiger partial charge in [-0.05, 0) is 31.2 Å². The van der Waals surface area contributed by atoms with Gasteiger partial charge >= 0.3 is 0 Å². The quantitative estimate of drug-likeness (QED) is 0.624. The van der Waals surface area contributed by atoms with Crippen LogP contribution in [0.1, 0.15) is 27.3 Å². The highest BCUT2D eigenvalue weighted by Gasteiger charge is 2.11. The molecule has 2 aromatic rings. The fourth-order valence-corrected chi connectivity index (χ4v) is 3.37.